The molecule has 0 amide bonds. The minimum absolute atomic E-state index is 0.00342. The van der Waals surface area contributed by atoms with Gasteiger partial charge in [0.1, 0.15) is 41.4 Å². The topological polar surface area (TPSA) is 105 Å². The second-order valence-corrected chi connectivity index (χ2v) is 14.7. The van der Waals surface area contributed by atoms with Crippen LogP contribution >= 0.6 is 0 Å². The minimum atomic E-state index is -0.923. The lowest BCUT2D eigenvalue weighted by atomic mass is 9.58. The Hall–Kier alpha value is -4.21. The Kier molecular flexibility index (Phi) is 8.26. The van der Waals surface area contributed by atoms with Crippen molar-refractivity contribution in [2.75, 3.05) is 38.9 Å². The van der Waals surface area contributed by atoms with Crippen molar-refractivity contribution < 1.29 is 27.4 Å². The summed E-state index contributed by atoms with van der Waals surface area (Å²) in [5.74, 6) is -0.260. The predicted molar refractivity (Wildman–Crippen MR) is 183 cm³/mol. The van der Waals surface area contributed by atoms with Gasteiger partial charge in [-0.2, -0.15) is 15.2 Å². The van der Waals surface area contributed by atoms with E-state index in [2.05, 4.69) is 26.3 Å². The van der Waals surface area contributed by atoms with Gasteiger partial charge < -0.3 is 19.5 Å². The van der Waals surface area contributed by atoms with Crippen LogP contribution in [0.1, 0.15) is 70.3 Å². The summed E-state index contributed by atoms with van der Waals surface area (Å²) in [5.41, 5.74) is -0.221. The van der Waals surface area contributed by atoms with Crippen molar-refractivity contribution in [3.8, 4) is 29.1 Å². The van der Waals surface area contributed by atoms with Crippen LogP contribution in [0.4, 0.5) is 19.0 Å². The zero-order valence-corrected chi connectivity index (χ0v) is 28.5. The number of aryl methyl sites for hydroxylation is 1. The molecule has 50 heavy (non-hydrogen) atoms. The maximum Gasteiger partial charge on any atom is 0.319 e. The first-order chi connectivity index (χ1) is 24.2. The third kappa shape index (κ3) is 5.50. The zero-order valence-electron chi connectivity index (χ0n) is 28.5. The van der Waals surface area contributed by atoms with Crippen LogP contribution in [0.3, 0.4) is 0 Å². The van der Waals surface area contributed by atoms with E-state index in [1.165, 1.54) is 13.2 Å². The van der Waals surface area contributed by atoms with Crippen LogP contribution in [0.2, 0.25) is 0 Å². The Morgan fingerprint density at radius 1 is 1.06 bits per heavy atom. The van der Waals surface area contributed by atoms with E-state index in [0.717, 1.165) is 57.9 Å². The van der Waals surface area contributed by atoms with E-state index < -0.39 is 17.5 Å². The number of aromatic nitrogens is 3. The largest absolute Gasteiger partial charge is 0.468 e. The number of nitrogens with one attached hydrogen (secondary N) is 1. The van der Waals surface area contributed by atoms with Gasteiger partial charge in [0.15, 0.2) is 12.6 Å². The quantitative estimate of drug-likeness (QED) is 0.169. The van der Waals surface area contributed by atoms with E-state index in [0.29, 0.717) is 58.2 Å². The molecule has 5 fully saturated rings. The molecule has 0 radical (unpaired) electrons. The van der Waals surface area contributed by atoms with Crippen LogP contribution < -0.4 is 14.8 Å². The summed E-state index contributed by atoms with van der Waals surface area (Å²) < 4.78 is 64.1. The number of halogens is 3. The molecule has 5 aliphatic rings. The number of pyridine rings is 1. The van der Waals surface area contributed by atoms with E-state index in [1.807, 2.05) is 6.92 Å². The highest BCUT2D eigenvalue weighted by atomic mass is 19.1. The highest BCUT2D eigenvalue weighted by Gasteiger charge is 2.50. The fourth-order valence-corrected chi connectivity index (χ4v) is 9.05. The standard InChI is InChI=1S/C38H41F3N6O3/c1-3-26-29(40)6-5-23-15-25(50-22-48-2)16-27(30(23)26)32-31(41)33-28(18-43-32)34(46-37-11-8-36(20-42,9-12-37)10-13-37)45-35(44-33)49-21-38-7-4-14-47(38)19-24(39)17-38/h5-6,15-16,18,24H,3-4,7-14,17,19,21-22H2,1-2H3,(H,44,45,46)/t24-,36?,37?,38+/m1/s1. The Labute approximate surface area is 289 Å². The van der Waals surface area contributed by atoms with Crippen molar-refractivity contribution in [1.29, 1.82) is 5.26 Å². The zero-order chi connectivity index (χ0) is 34.7. The Bertz CT molecular complexity index is 2000. The summed E-state index contributed by atoms with van der Waals surface area (Å²) in [5, 5.41) is 15.1. The molecule has 12 heteroatoms. The van der Waals surface area contributed by atoms with Gasteiger partial charge in [-0.1, -0.05) is 13.0 Å². The summed E-state index contributed by atoms with van der Waals surface area (Å²) in [4.78, 5) is 16.2. The molecule has 4 heterocycles. The highest BCUT2D eigenvalue weighted by molar-refractivity contribution is 6.01. The lowest BCUT2D eigenvalue weighted by Gasteiger charge is -2.51. The number of nitrogens with zero attached hydrogens (tertiary/aromatic N) is 5. The number of nitriles is 1. The van der Waals surface area contributed by atoms with Gasteiger partial charge in [0.2, 0.25) is 0 Å². The van der Waals surface area contributed by atoms with E-state index in [9.17, 15) is 9.65 Å². The van der Waals surface area contributed by atoms with E-state index in [1.54, 1.807) is 24.4 Å². The molecule has 3 saturated carbocycles. The number of hydrogen-bond donors (Lipinski definition) is 1. The van der Waals surface area contributed by atoms with Crippen molar-refractivity contribution in [2.24, 2.45) is 5.41 Å². The molecular weight excluding hydrogens is 645 g/mol. The maximum atomic E-state index is 17.1. The lowest BCUT2D eigenvalue weighted by Crippen LogP contribution is -2.50. The van der Waals surface area contributed by atoms with Crippen molar-refractivity contribution in [2.45, 2.75) is 88.4 Å². The molecule has 2 aliphatic heterocycles. The molecule has 9 nitrogen and oxygen atoms in total. The van der Waals surface area contributed by atoms with E-state index in [4.69, 9.17) is 19.2 Å². The van der Waals surface area contributed by atoms with Gasteiger partial charge in [0.25, 0.3) is 0 Å². The second kappa shape index (κ2) is 12.5. The molecule has 2 aromatic carbocycles. The van der Waals surface area contributed by atoms with E-state index >= 15 is 8.78 Å². The molecule has 2 bridgehead atoms. The molecule has 2 saturated heterocycles. The summed E-state index contributed by atoms with van der Waals surface area (Å²) in [6.45, 7) is 3.21. The van der Waals surface area contributed by atoms with Gasteiger partial charge in [-0.15, -0.1) is 0 Å². The number of ether oxygens (including phenoxy) is 3. The van der Waals surface area contributed by atoms with Crippen LogP contribution in [0.15, 0.2) is 30.5 Å². The molecule has 0 spiro atoms. The SMILES string of the molecule is CCc1c(F)ccc2cc(OCOC)cc(-c3ncc4c(NC56CCC(C#N)(CC5)CC6)nc(OC[C@@]56CCCN5C[C@H](F)C6)nc4c3F)c12. The predicted octanol–water partition coefficient (Wildman–Crippen LogP) is 7.65. The van der Waals surface area contributed by atoms with Gasteiger partial charge in [0.05, 0.1) is 22.4 Å². The molecule has 2 aromatic heterocycles. The number of rotatable bonds is 10. The monoisotopic (exact) mass is 686 g/mol. The molecule has 2 atom stereocenters. The van der Waals surface area contributed by atoms with Gasteiger partial charge in [0, 0.05) is 37.4 Å². The molecule has 0 unspecified atom stereocenters. The molecule has 4 aromatic rings. The van der Waals surface area contributed by atoms with Crippen LogP contribution in [-0.4, -0.2) is 70.7 Å². The molecule has 262 valence electrons. The van der Waals surface area contributed by atoms with Gasteiger partial charge in [-0.05, 0) is 98.9 Å². The first kappa shape index (κ1) is 33.0. The smallest absolute Gasteiger partial charge is 0.319 e. The van der Waals surface area contributed by atoms with Gasteiger partial charge >= 0.3 is 6.01 Å². The summed E-state index contributed by atoms with van der Waals surface area (Å²) in [6.07, 6.45) is 7.88. The number of anilines is 1. The van der Waals surface area contributed by atoms with Gasteiger partial charge in [-0.25, -0.2) is 13.2 Å². The number of hydrogen-bond acceptors (Lipinski definition) is 9. The van der Waals surface area contributed by atoms with Crippen LogP contribution in [0.5, 0.6) is 11.8 Å². The molecule has 1 N–H and O–H groups in total. The number of methoxy groups -OCH3 is 1. The van der Waals surface area contributed by atoms with Crippen molar-refractivity contribution in [3.63, 3.8) is 0 Å². The molecule has 3 aliphatic carbocycles. The number of fused-ring (bicyclic) bond motifs is 6. The van der Waals surface area contributed by atoms with Crippen molar-refractivity contribution >= 4 is 27.5 Å². The first-order valence-corrected chi connectivity index (χ1v) is 17.6. The Morgan fingerprint density at radius 2 is 1.86 bits per heavy atom. The fourth-order valence-electron chi connectivity index (χ4n) is 9.05. The molecule has 9 rings (SSSR count). The second-order valence-electron chi connectivity index (χ2n) is 14.7. The van der Waals surface area contributed by atoms with Crippen molar-refractivity contribution in [1.82, 2.24) is 19.9 Å². The third-order valence-electron chi connectivity index (χ3n) is 11.9. The van der Waals surface area contributed by atoms with Crippen LogP contribution in [0.25, 0.3) is 32.9 Å². The normalized spacial score (nSPS) is 27.5. The summed E-state index contributed by atoms with van der Waals surface area (Å²) >= 11 is 0. The Morgan fingerprint density at radius 3 is 2.60 bits per heavy atom. The highest BCUT2D eigenvalue weighted by Crippen LogP contribution is 2.53. The third-order valence-corrected chi connectivity index (χ3v) is 11.9. The van der Waals surface area contributed by atoms with Crippen LogP contribution in [-0.2, 0) is 11.2 Å². The summed E-state index contributed by atoms with van der Waals surface area (Å²) in [6, 6.07) is 9.03. The fraction of sp³-hybridized carbons (Fsp3) is 0.526. The van der Waals surface area contributed by atoms with Crippen LogP contribution in [0, 0.1) is 28.4 Å². The minimum Gasteiger partial charge on any atom is -0.468 e. The first-order valence-electron chi connectivity index (χ1n) is 17.6. The number of alkyl halides is 1. The van der Waals surface area contributed by atoms with Gasteiger partial charge in [-0.3, -0.25) is 9.88 Å². The lowest BCUT2D eigenvalue weighted by molar-refractivity contribution is 0.0512. The maximum absolute atomic E-state index is 17.1. The summed E-state index contributed by atoms with van der Waals surface area (Å²) in [7, 11) is 1.51. The van der Waals surface area contributed by atoms with Crippen molar-refractivity contribution in [3.05, 3.63) is 47.7 Å². The Balaban J connectivity index is 1.25. The van der Waals surface area contributed by atoms with E-state index in [-0.39, 0.29) is 47.4 Å². The average molecular weight is 687 g/mol. The average Bonchev–Trinajstić information content (AvgIpc) is 3.66. The number of benzene rings is 2. The molecular formula is C38H41F3N6O3.